The molecule has 0 amide bonds. The molecule has 0 aliphatic heterocycles. The highest BCUT2D eigenvalue weighted by atomic mass is 16.5. The third-order valence-corrected chi connectivity index (χ3v) is 2.46. The summed E-state index contributed by atoms with van der Waals surface area (Å²) in [6, 6.07) is 7.39. The van der Waals surface area contributed by atoms with Gasteiger partial charge < -0.3 is 15.4 Å². The number of benzene rings is 1. The van der Waals surface area contributed by atoms with Crippen LogP contribution in [0.15, 0.2) is 24.3 Å². The smallest absolute Gasteiger partial charge is 0.325 e. The first-order valence-corrected chi connectivity index (χ1v) is 5.85. The monoisotopic (exact) mass is 236 g/mol. The summed E-state index contributed by atoms with van der Waals surface area (Å²) >= 11 is 0. The van der Waals surface area contributed by atoms with E-state index >= 15 is 0 Å². The Balaban J connectivity index is 2.40. The van der Waals surface area contributed by atoms with E-state index in [4.69, 9.17) is 10.5 Å². The number of carbonyl (C=O) groups is 1. The molecule has 0 unspecified atom stereocenters. The average Bonchev–Trinajstić information content (AvgIpc) is 2.30. The highest BCUT2D eigenvalue weighted by molar-refractivity contribution is 5.75. The van der Waals surface area contributed by atoms with Crippen molar-refractivity contribution in [2.24, 2.45) is 0 Å². The Morgan fingerprint density at radius 1 is 1.35 bits per heavy atom. The standard InChI is InChI=1S/C13H20N2O2/c1-3-4-9-17-13(16)10-15(2)12-7-5-11(14)6-8-12/h5-8H,3-4,9-10,14H2,1-2H3. The summed E-state index contributed by atoms with van der Waals surface area (Å²) < 4.78 is 5.09. The molecular weight excluding hydrogens is 216 g/mol. The van der Waals surface area contributed by atoms with Gasteiger partial charge in [0.05, 0.1) is 6.61 Å². The summed E-state index contributed by atoms with van der Waals surface area (Å²) in [6.07, 6.45) is 1.94. The maximum atomic E-state index is 11.5. The topological polar surface area (TPSA) is 55.6 Å². The molecule has 0 aliphatic carbocycles. The van der Waals surface area contributed by atoms with Crippen LogP contribution in [0.3, 0.4) is 0 Å². The van der Waals surface area contributed by atoms with Crippen LogP contribution in [-0.2, 0) is 9.53 Å². The van der Waals surface area contributed by atoms with E-state index in [1.165, 1.54) is 0 Å². The van der Waals surface area contributed by atoms with E-state index in [0.717, 1.165) is 18.5 Å². The second-order valence-corrected chi connectivity index (χ2v) is 4.02. The molecule has 0 heterocycles. The van der Waals surface area contributed by atoms with Crippen LogP contribution >= 0.6 is 0 Å². The Morgan fingerprint density at radius 2 is 2.00 bits per heavy atom. The molecule has 0 saturated heterocycles. The fourth-order valence-electron chi connectivity index (χ4n) is 1.39. The van der Waals surface area contributed by atoms with Gasteiger partial charge in [0, 0.05) is 18.4 Å². The van der Waals surface area contributed by atoms with Crippen molar-refractivity contribution in [3.8, 4) is 0 Å². The summed E-state index contributed by atoms with van der Waals surface area (Å²) in [5, 5.41) is 0. The van der Waals surface area contributed by atoms with E-state index in [1.807, 2.05) is 36.2 Å². The van der Waals surface area contributed by atoms with Crippen LogP contribution in [-0.4, -0.2) is 26.2 Å². The molecule has 0 aliphatic rings. The number of esters is 1. The first-order valence-electron chi connectivity index (χ1n) is 5.85. The molecule has 17 heavy (non-hydrogen) atoms. The Morgan fingerprint density at radius 3 is 2.59 bits per heavy atom. The number of nitrogens with zero attached hydrogens (tertiary/aromatic N) is 1. The van der Waals surface area contributed by atoms with E-state index in [1.54, 1.807) is 0 Å². The fraction of sp³-hybridized carbons (Fsp3) is 0.462. The third-order valence-electron chi connectivity index (χ3n) is 2.46. The molecular formula is C13H20N2O2. The molecule has 0 aromatic heterocycles. The summed E-state index contributed by atoms with van der Waals surface area (Å²) in [7, 11) is 1.85. The van der Waals surface area contributed by atoms with Gasteiger partial charge in [-0.1, -0.05) is 13.3 Å². The van der Waals surface area contributed by atoms with Crippen molar-refractivity contribution < 1.29 is 9.53 Å². The highest BCUT2D eigenvalue weighted by Gasteiger charge is 2.08. The van der Waals surface area contributed by atoms with E-state index in [9.17, 15) is 4.79 Å². The zero-order chi connectivity index (χ0) is 12.7. The van der Waals surface area contributed by atoms with Crippen molar-refractivity contribution >= 4 is 17.3 Å². The number of hydrogen-bond donors (Lipinski definition) is 1. The molecule has 0 saturated carbocycles. The van der Waals surface area contributed by atoms with Crippen molar-refractivity contribution in [3.05, 3.63) is 24.3 Å². The first-order chi connectivity index (χ1) is 8.13. The van der Waals surface area contributed by atoms with Gasteiger partial charge >= 0.3 is 5.97 Å². The van der Waals surface area contributed by atoms with Crippen molar-refractivity contribution in [3.63, 3.8) is 0 Å². The van der Waals surface area contributed by atoms with Crippen molar-refractivity contribution in [1.82, 2.24) is 0 Å². The fourth-order valence-corrected chi connectivity index (χ4v) is 1.39. The normalized spacial score (nSPS) is 10.0. The second-order valence-electron chi connectivity index (χ2n) is 4.02. The second kappa shape index (κ2) is 6.78. The van der Waals surface area contributed by atoms with Crippen LogP contribution in [0.4, 0.5) is 11.4 Å². The van der Waals surface area contributed by atoms with E-state index in [-0.39, 0.29) is 12.5 Å². The first kappa shape index (κ1) is 13.4. The van der Waals surface area contributed by atoms with Crippen molar-refractivity contribution in [1.29, 1.82) is 0 Å². The van der Waals surface area contributed by atoms with Crippen molar-refractivity contribution in [2.45, 2.75) is 19.8 Å². The predicted molar refractivity (Wildman–Crippen MR) is 70.0 cm³/mol. The maximum Gasteiger partial charge on any atom is 0.325 e. The average molecular weight is 236 g/mol. The minimum absolute atomic E-state index is 0.197. The number of carbonyl (C=O) groups excluding carboxylic acids is 1. The minimum atomic E-state index is -0.197. The number of likely N-dealkylation sites (N-methyl/N-ethyl adjacent to an activating group) is 1. The molecule has 1 aromatic carbocycles. The number of ether oxygens (including phenoxy) is 1. The van der Waals surface area contributed by atoms with Crippen LogP contribution in [0.5, 0.6) is 0 Å². The van der Waals surface area contributed by atoms with Gasteiger partial charge in [-0.3, -0.25) is 4.79 Å². The van der Waals surface area contributed by atoms with Crippen LogP contribution in [0, 0.1) is 0 Å². The molecule has 0 spiro atoms. The molecule has 1 rings (SSSR count). The third kappa shape index (κ3) is 4.76. The number of rotatable bonds is 6. The van der Waals surface area contributed by atoms with Crippen LogP contribution in [0.25, 0.3) is 0 Å². The summed E-state index contributed by atoms with van der Waals surface area (Å²) in [5.41, 5.74) is 7.26. The zero-order valence-corrected chi connectivity index (χ0v) is 10.5. The van der Waals surface area contributed by atoms with Crippen LogP contribution in [0.1, 0.15) is 19.8 Å². The lowest BCUT2D eigenvalue weighted by Crippen LogP contribution is -2.27. The van der Waals surface area contributed by atoms with E-state index < -0.39 is 0 Å². The lowest BCUT2D eigenvalue weighted by molar-refractivity contribution is -0.142. The lowest BCUT2D eigenvalue weighted by atomic mass is 10.2. The Hall–Kier alpha value is -1.71. The summed E-state index contributed by atoms with van der Waals surface area (Å²) in [6.45, 7) is 2.83. The Labute approximate surface area is 102 Å². The molecule has 94 valence electrons. The van der Waals surface area contributed by atoms with Gasteiger partial charge in [-0.25, -0.2) is 0 Å². The van der Waals surface area contributed by atoms with Gasteiger partial charge in [0.25, 0.3) is 0 Å². The van der Waals surface area contributed by atoms with Gasteiger partial charge in [0.15, 0.2) is 0 Å². The number of unbranched alkanes of at least 4 members (excludes halogenated alkanes) is 1. The van der Waals surface area contributed by atoms with Crippen molar-refractivity contribution in [2.75, 3.05) is 30.8 Å². The molecule has 1 aromatic rings. The van der Waals surface area contributed by atoms with Crippen LogP contribution < -0.4 is 10.6 Å². The van der Waals surface area contributed by atoms with Gasteiger partial charge in [0.2, 0.25) is 0 Å². The molecule has 0 bridgehead atoms. The zero-order valence-electron chi connectivity index (χ0n) is 10.5. The molecule has 4 nitrogen and oxygen atoms in total. The molecule has 0 radical (unpaired) electrons. The molecule has 2 N–H and O–H groups in total. The largest absolute Gasteiger partial charge is 0.464 e. The van der Waals surface area contributed by atoms with E-state index in [2.05, 4.69) is 6.92 Å². The number of anilines is 2. The van der Waals surface area contributed by atoms with Gasteiger partial charge in [0.1, 0.15) is 6.54 Å². The van der Waals surface area contributed by atoms with Crippen LogP contribution in [0.2, 0.25) is 0 Å². The molecule has 4 heteroatoms. The van der Waals surface area contributed by atoms with E-state index in [0.29, 0.717) is 12.3 Å². The number of nitrogens with two attached hydrogens (primary N) is 1. The summed E-state index contributed by atoms with van der Waals surface area (Å²) in [4.78, 5) is 13.3. The Bertz CT molecular complexity index is 349. The predicted octanol–water partition coefficient (Wildman–Crippen LogP) is 2.05. The van der Waals surface area contributed by atoms with Gasteiger partial charge in [-0.05, 0) is 30.7 Å². The van der Waals surface area contributed by atoms with Gasteiger partial charge in [-0.2, -0.15) is 0 Å². The minimum Gasteiger partial charge on any atom is -0.464 e. The maximum absolute atomic E-state index is 11.5. The quantitative estimate of drug-likeness (QED) is 0.466. The molecule has 0 fully saturated rings. The lowest BCUT2D eigenvalue weighted by Gasteiger charge is -2.18. The Kier molecular flexibility index (Phi) is 5.33. The summed E-state index contributed by atoms with van der Waals surface area (Å²) in [5.74, 6) is -0.197. The highest BCUT2D eigenvalue weighted by Crippen LogP contribution is 2.14. The number of nitrogen functional groups attached to an aromatic ring is 1. The SMILES string of the molecule is CCCCOC(=O)CN(C)c1ccc(N)cc1. The number of hydrogen-bond acceptors (Lipinski definition) is 4. The van der Waals surface area contributed by atoms with Gasteiger partial charge in [-0.15, -0.1) is 0 Å². The molecule has 0 atom stereocenters.